The summed E-state index contributed by atoms with van der Waals surface area (Å²) in [6.45, 7) is 12.7. The second-order valence-corrected chi connectivity index (χ2v) is 6.83. The molecular weight excluding hydrogens is 348 g/mol. The number of carbonyl (C=O) groups is 1. The second kappa shape index (κ2) is 8.57. The zero-order valence-corrected chi connectivity index (χ0v) is 16.5. The van der Waals surface area contributed by atoms with E-state index in [1.54, 1.807) is 4.68 Å². The van der Waals surface area contributed by atoms with Gasteiger partial charge in [0.15, 0.2) is 5.82 Å². The lowest BCUT2D eigenvalue weighted by Crippen LogP contribution is -2.37. The SMILES string of the molecule is CCn1nc(C)c([C@H](C)NC(=O)Cn2nnnc2CN2CCOCC2)c1C. The minimum Gasteiger partial charge on any atom is -0.379 e. The Hall–Kier alpha value is -2.33. The molecule has 10 nitrogen and oxygen atoms in total. The van der Waals surface area contributed by atoms with Crippen molar-refractivity contribution in [2.45, 2.75) is 53.4 Å². The lowest BCUT2D eigenvalue weighted by Gasteiger charge is -2.25. The van der Waals surface area contributed by atoms with Crippen LogP contribution in [0.1, 0.15) is 42.7 Å². The van der Waals surface area contributed by atoms with E-state index in [0.29, 0.717) is 25.6 Å². The van der Waals surface area contributed by atoms with Crippen LogP contribution in [0, 0.1) is 13.8 Å². The molecule has 1 aliphatic heterocycles. The Bertz CT molecular complexity index is 778. The van der Waals surface area contributed by atoms with Crippen molar-refractivity contribution in [1.82, 2.24) is 40.2 Å². The van der Waals surface area contributed by atoms with Gasteiger partial charge in [-0.3, -0.25) is 14.4 Å². The van der Waals surface area contributed by atoms with Gasteiger partial charge in [0.1, 0.15) is 6.54 Å². The van der Waals surface area contributed by atoms with Crippen LogP contribution in [0.25, 0.3) is 0 Å². The summed E-state index contributed by atoms with van der Waals surface area (Å²) < 4.78 is 8.87. The van der Waals surface area contributed by atoms with Gasteiger partial charge in [-0.1, -0.05) is 0 Å². The number of nitrogens with zero attached hydrogens (tertiary/aromatic N) is 7. The topological polar surface area (TPSA) is 103 Å². The molecule has 0 spiro atoms. The summed E-state index contributed by atoms with van der Waals surface area (Å²) in [5.74, 6) is 0.562. The summed E-state index contributed by atoms with van der Waals surface area (Å²) in [5, 5.41) is 19.3. The number of hydrogen-bond acceptors (Lipinski definition) is 7. The van der Waals surface area contributed by atoms with E-state index < -0.39 is 0 Å². The molecule has 0 saturated carbocycles. The molecule has 148 valence electrons. The highest BCUT2D eigenvalue weighted by Gasteiger charge is 2.20. The highest BCUT2D eigenvalue weighted by atomic mass is 16.5. The molecule has 0 aliphatic carbocycles. The Labute approximate surface area is 158 Å². The van der Waals surface area contributed by atoms with Crippen molar-refractivity contribution >= 4 is 5.91 Å². The van der Waals surface area contributed by atoms with E-state index in [1.165, 1.54) is 0 Å². The highest BCUT2D eigenvalue weighted by molar-refractivity contribution is 5.76. The van der Waals surface area contributed by atoms with E-state index in [4.69, 9.17) is 4.74 Å². The third-order valence-corrected chi connectivity index (χ3v) is 4.92. The summed E-state index contributed by atoms with van der Waals surface area (Å²) in [6.07, 6.45) is 0. The lowest BCUT2D eigenvalue weighted by atomic mass is 10.1. The molecule has 1 aliphatic rings. The maximum absolute atomic E-state index is 12.5. The number of aryl methyl sites for hydroxylation is 2. The van der Waals surface area contributed by atoms with Crippen LogP contribution in [0.4, 0.5) is 0 Å². The van der Waals surface area contributed by atoms with Crippen molar-refractivity contribution in [3.05, 3.63) is 22.8 Å². The molecule has 3 heterocycles. The first-order valence-electron chi connectivity index (χ1n) is 9.38. The monoisotopic (exact) mass is 376 g/mol. The van der Waals surface area contributed by atoms with Crippen LogP contribution in [0.2, 0.25) is 0 Å². The molecule has 0 aromatic carbocycles. The Morgan fingerprint density at radius 3 is 2.67 bits per heavy atom. The number of hydrogen-bond donors (Lipinski definition) is 1. The van der Waals surface area contributed by atoms with Gasteiger partial charge in [0.2, 0.25) is 5.91 Å². The van der Waals surface area contributed by atoms with E-state index in [-0.39, 0.29) is 18.5 Å². The van der Waals surface area contributed by atoms with Gasteiger partial charge in [-0.25, -0.2) is 4.68 Å². The first-order chi connectivity index (χ1) is 13.0. The standard InChI is InChI=1S/C17H28N8O2/c1-5-24-14(4)17(13(3)20-24)12(2)18-16(26)11-25-15(19-21-22-25)10-23-6-8-27-9-7-23/h12H,5-11H2,1-4H3,(H,18,26)/t12-/m0/s1. The van der Waals surface area contributed by atoms with Gasteiger partial charge in [0.05, 0.1) is 31.5 Å². The highest BCUT2D eigenvalue weighted by Crippen LogP contribution is 2.21. The predicted molar refractivity (Wildman–Crippen MR) is 97.8 cm³/mol. The number of amides is 1. The Morgan fingerprint density at radius 2 is 2.00 bits per heavy atom. The largest absolute Gasteiger partial charge is 0.379 e. The van der Waals surface area contributed by atoms with Gasteiger partial charge in [0, 0.05) is 30.9 Å². The molecule has 0 radical (unpaired) electrons. The Morgan fingerprint density at radius 1 is 1.26 bits per heavy atom. The Balaban J connectivity index is 1.61. The third kappa shape index (κ3) is 4.51. The lowest BCUT2D eigenvalue weighted by molar-refractivity contribution is -0.122. The van der Waals surface area contributed by atoms with Gasteiger partial charge >= 0.3 is 0 Å². The van der Waals surface area contributed by atoms with E-state index >= 15 is 0 Å². The molecular formula is C17H28N8O2. The minimum atomic E-state index is -0.128. The third-order valence-electron chi connectivity index (χ3n) is 4.92. The predicted octanol–water partition coefficient (Wildman–Crippen LogP) is 0.216. The van der Waals surface area contributed by atoms with Gasteiger partial charge in [-0.15, -0.1) is 5.10 Å². The molecule has 27 heavy (non-hydrogen) atoms. The average molecular weight is 376 g/mol. The van der Waals surface area contributed by atoms with Gasteiger partial charge in [-0.2, -0.15) is 5.10 Å². The molecule has 1 saturated heterocycles. The normalized spacial score (nSPS) is 16.4. The minimum absolute atomic E-state index is 0.0943. The molecule has 1 amide bonds. The van der Waals surface area contributed by atoms with Crippen LogP contribution in [-0.2, 0) is 29.2 Å². The summed E-state index contributed by atoms with van der Waals surface area (Å²) in [5.41, 5.74) is 3.09. The van der Waals surface area contributed by atoms with Gasteiger partial charge in [-0.05, 0) is 38.1 Å². The van der Waals surface area contributed by atoms with E-state index in [0.717, 1.165) is 36.6 Å². The van der Waals surface area contributed by atoms with Crippen molar-refractivity contribution in [2.24, 2.45) is 0 Å². The van der Waals surface area contributed by atoms with E-state index in [1.807, 2.05) is 25.5 Å². The molecule has 1 N–H and O–H groups in total. The molecule has 3 rings (SSSR count). The van der Waals surface area contributed by atoms with Crippen LogP contribution in [0.15, 0.2) is 0 Å². The quantitative estimate of drug-likeness (QED) is 0.737. The maximum Gasteiger partial charge on any atom is 0.242 e. The number of morpholine rings is 1. The summed E-state index contributed by atoms with van der Waals surface area (Å²) in [4.78, 5) is 14.8. The first-order valence-corrected chi connectivity index (χ1v) is 9.38. The summed E-state index contributed by atoms with van der Waals surface area (Å²) in [7, 11) is 0. The molecule has 1 fully saturated rings. The van der Waals surface area contributed by atoms with E-state index in [9.17, 15) is 4.79 Å². The fraction of sp³-hybridized carbons (Fsp3) is 0.706. The Kier molecular flexibility index (Phi) is 6.17. The fourth-order valence-corrected chi connectivity index (χ4v) is 3.56. The summed E-state index contributed by atoms with van der Waals surface area (Å²) in [6, 6.07) is -0.128. The molecule has 2 aromatic heterocycles. The number of rotatable bonds is 7. The number of nitrogens with one attached hydrogen (secondary N) is 1. The van der Waals surface area contributed by atoms with Crippen LogP contribution in [-0.4, -0.2) is 67.1 Å². The van der Waals surface area contributed by atoms with Crippen molar-refractivity contribution in [2.75, 3.05) is 26.3 Å². The van der Waals surface area contributed by atoms with Gasteiger partial charge < -0.3 is 10.1 Å². The van der Waals surface area contributed by atoms with Crippen molar-refractivity contribution in [3.63, 3.8) is 0 Å². The van der Waals surface area contributed by atoms with Crippen molar-refractivity contribution in [3.8, 4) is 0 Å². The van der Waals surface area contributed by atoms with Crippen LogP contribution >= 0.6 is 0 Å². The average Bonchev–Trinajstić information content (AvgIpc) is 3.19. The molecule has 2 aromatic rings. The van der Waals surface area contributed by atoms with Crippen LogP contribution in [0.5, 0.6) is 0 Å². The number of aromatic nitrogens is 6. The zero-order chi connectivity index (χ0) is 19.4. The number of carbonyl (C=O) groups excluding carboxylic acids is 1. The molecule has 0 bridgehead atoms. The number of tetrazole rings is 1. The first kappa shape index (κ1) is 19.4. The van der Waals surface area contributed by atoms with Crippen molar-refractivity contribution in [1.29, 1.82) is 0 Å². The number of ether oxygens (including phenoxy) is 1. The van der Waals surface area contributed by atoms with Gasteiger partial charge in [0.25, 0.3) is 0 Å². The van der Waals surface area contributed by atoms with Crippen LogP contribution < -0.4 is 5.32 Å². The molecule has 0 unspecified atom stereocenters. The zero-order valence-electron chi connectivity index (χ0n) is 16.5. The summed E-state index contributed by atoms with van der Waals surface area (Å²) >= 11 is 0. The second-order valence-electron chi connectivity index (χ2n) is 6.83. The van der Waals surface area contributed by atoms with Crippen LogP contribution in [0.3, 0.4) is 0 Å². The maximum atomic E-state index is 12.5. The fourth-order valence-electron chi connectivity index (χ4n) is 3.56. The van der Waals surface area contributed by atoms with Crippen molar-refractivity contribution < 1.29 is 9.53 Å². The molecule has 10 heteroatoms. The van der Waals surface area contributed by atoms with E-state index in [2.05, 4.69) is 37.8 Å². The smallest absolute Gasteiger partial charge is 0.242 e. The molecule has 1 atom stereocenters.